The molecule has 0 heterocycles. The molecule has 0 radical (unpaired) electrons. The molecule has 0 saturated carbocycles. The second-order valence-corrected chi connectivity index (χ2v) is 1.32. The quantitative estimate of drug-likeness (QED) is 0.285. The van der Waals surface area contributed by atoms with Gasteiger partial charge in [-0.15, -0.1) is 0 Å². The molecule has 5 heteroatoms. The van der Waals surface area contributed by atoms with Gasteiger partial charge in [0, 0.05) is 7.05 Å². The van der Waals surface area contributed by atoms with Gasteiger partial charge >= 0.3 is 0 Å². The Morgan fingerprint density at radius 1 is 1.89 bits per heavy atom. The first kappa shape index (κ1) is 7.90. The van der Waals surface area contributed by atoms with E-state index in [1.165, 1.54) is 7.05 Å². The molecule has 0 aromatic carbocycles. The summed E-state index contributed by atoms with van der Waals surface area (Å²) in [4.78, 5) is 13.7. The lowest BCUT2D eigenvalue weighted by Gasteiger charge is -1.97. The van der Waals surface area contributed by atoms with Crippen molar-refractivity contribution in [2.45, 2.75) is 0 Å². The van der Waals surface area contributed by atoms with E-state index in [4.69, 9.17) is 10.8 Å². The van der Waals surface area contributed by atoms with E-state index in [1.54, 1.807) is 0 Å². The van der Waals surface area contributed by atoms with Gasteiger partial charge in [-0.05, 0) is 0 Å². The Morgan fingerprint density at radius 3 is 2.78 bits per heavy atom. The van der Waals surface area contributed by atoms with Crippen molar-refractivity contribution < 1.29 is 9.90 Å². The molecule has 0 saturated heterocycles. The highest BCUT2D eigenvalue weighted by Gasteiger charge is 1.96. The van der Waals surface area contributed by atoms with Gasteiger partial charge < -0.3 is 10.8 Å². The Balaban J connectivity index is 3.60. The molecule has 0 fully saturated rings. The summed E-state index contributed by atoms with van der Waals surface area (Å²) < 4.78 is 0. The van der Waals surface area contributed by atoms with Crippen molar-refractivity contribution in [3.8, 4) is 0 Å². The smallest absolute Gasteiger partial charge is 0.252 e. The number of nitrogens with one attached hydrogen (secondary N) is 1. The average Bonchev–Trinajstić information content (AvgIpc) is 1.87. The normalized spacial score (nSPS) is 11.1. The number of carbonyl (C=O) groups is 1. The van der Waals surface area contributed by atoms with Gasteiger partial charge in [-0.2, -0.15) is 0 Å². The van der Waals surface area contributed by atoms with Gasteiger partial charge in [-0.25, -0.2) is 0 Å². The number of hydrogen-bond donors (Lipinski definition) is 3. The third kappa shape index (κ3) is 3.48. The maximum Gasteiger partial charge on any atom is 0.252 e. The average molecular weight is 131 g/mol. The monoisotopic (exact) mass is 131 g/mol. The van der Waals surface area contributed by atoms with Crippen LogP contribution in [0.3, 0.4) is 0 Å². The molecule has 0 bridgehead atoms. The van der Waals surface area contributed by atoms with Crippen molar-refractivity contribution in [2.75, 3.05) is 13.7 Å². The third-order valence-corrected chi connectivity index (χ3v) is 0.652. The summed E-state index contributed by atoms with van der Waals surface area (Å²) in [5, 5.41) is 10.3. The highest BCUT2D eigenvalue weighted by molar-refractivity contribution is 5.96. The summed E-state index contributed by atoms with van der Waals surface area (Å²) in [5.41, 5.74) is 5.06. The maximum absolute atomic E-state index is 10.3. The fourth-order valence-electron chi connectivity index (χ4n) is 0.238. The summed E-state index contributed by atoms with van der Waals surface area (Å²) in [6.45, 7) is -0.573. The van der Waals surface area contributed by atoms with Crippen molar-refractivity contribution in [3.05, 3.63) is 0 Å². The van der Waals surface area contributed by atoms with Crippen LogP contribution in [-0.4, -0.2) is 30.6 Å². The molecule has 0 aromatic heterocycles. The largest absolute Gasteiger partial charge is 0.387 e. The Morgan fingerprint density at radius 2 is 2.44 bits per heavy atom. The molecule has 9 heavy (non-hydrogen) atoms. The number of guanidine groups is 1. The number of aliphatic imine (C=N–C) groups is 1. The number of rotatable bonds is 1. The number of aliphatic hydroxyl groups excluding tert-OH is 1. The molecule has 5 nitrogen and oxygen atoms in total. The van der Waals surface area contributed by atoms with Crippen LogP contribution in [0.15, 0.2) is 4.99 Å². The van der Waals surface area contributed by atoms with Gasteiger partial charge in [0.05, 0.1) is 0 Å². The van der Waals surface area contributed by atoms with Crippen LogP contribution in [0.4, 0.5) is 0 Å². The fourth-order valence-corrected chi connectivity index (χ4v) is 0.238. The highest BCUT2D eigenvalue weighted by Crippen LogP contribution is 1.61. The van der Waals surface area contributed by atoms with Crippen LogP contribution >= 0.6 is 0 Å². The standard InChI is InChI=1S/C4H9N3O2/c1-6-4(5)7-3(9)2-8/h8H,2H2,1H3,(H3,5,6,7,9). The van der Waals surface area contributed by atoms with E-state index in [0.717, 1.165) is 0 Å². The van der Waals surface area contributed by atoms with Crippen LogP contribution in [0, 0.1) is 0 Å². The van der Waals surface area contributed by atoms with Gasteiger partial charge in [0.2, 0.25) is 0 Å². The molecule has 0 spiro atoms. The number of nitrogens with two attached hydrogens (primary N) is 1. The molecule has 0 atom stereocenters. The predicted molar refractivity (Wildman–Crippen MR) is 32.8 cm³/mol. The zero-order valence-corrected chi connectivity index (χ0v) is 5.09. The van der Waals surface area contributed by atoms with Crippen LogP contribution in [0.5, 0.6) is 0 Å². The summed E-state index contributed by atoms with van der Waals surface area (Å²) in [5.74, 6) is -0.549. The number of nitrogens with zero attached hydrogens (tertiary/aromatic N) is 1. The topological polar surface area (TPSA) is 87.7 Å². The summed E-state index contributed by atoms with van der Waals surface area (Å²) >= 11 is 0. The van der Waals surface area contributed by atoms with Crippen molar-refractivity contribution in [1.82, 2.24) is 5.32 Å². The van der Waals surface area contributed by atoms with Crippen LogP contribution in [0.2, 0.25) is 0 Å². The first-order valence-electron chi connectivity index (χ1n) is 2.33. The maximum atomic E-state index is 10.3. The molecule has 4 N–H and O–H groups in total. The molecule has 0 rings (SSSR count). The second-order valence-electron chi connectivity index (χ2n) is 1.32. The van der Waals surface area contributed by atoms with E-state index < -0.39 is 12.5 Å². The highest BCUT2D eigenvalue weighted by atomic mass is 16.3. The van der Waals surface area contributed by atoms with Crippen LogP contribution < -0.4 is 11.1 Å². The number of carbonyl (C=O) groups excluding carboxylic acids is 1. The summed E-state index contributed by atoms with van der Waals surface area (Å²) in [6, 6.07) is 0. The molecule has 0 aliphatic rings. The van der Waals surface area contributed by atoms with Crippen LogP contribution in [-0.2, 0) is 4.79 Å². The molecule has 0 unspecified atom stereocenters. The lowest BCUT2D eigenvalue weighted by Crippen LogP contribution is -2.38. The predicted octanol–water partition coefficient (Wildman–Crippen LogP) is -1.96. The minimum atomic E-state index is -0.573. The Kier molecular flexibility index (Phi) is 3.38. The number of hydrogen-bond acceptors (Lipinski definition) is 3. The van der Waals surface area contributed by atoms with Gasteiger partial charge in [0.15, 0.2) is 5.96 Å². The lowest BCUT2D eigenvalue weighted by molar-refractivity contribution is -0.122. The molecular formula is C4H9N3O2. The van der Waals surface area contributed by atoms with Crippen molar-refractivity contribution in [1.29, 1.82) is 0 Å². The summed E-state index contributed by atoms with van der Waals surface area (Å²) in [6.07, 6.45) is 0. The Hall–Kier alpha value is -1.10. The Labute approximate surface area is 52.6 Å². The molecule has 0 aliphatic heterocycles. The third-order valence-electron chi connectivity index (χ3n) is 0.652. The SMILES string of the molecule is CN=C(N)NC(=O)CO. The first-order chi connectivity index (χ1) is 4.20. The lowest BCUT2D eigenvalue weighted by atomic mass is 10.6. The minimum Gasteiger partial charge on any atom is -0.387 e. The number of amides is 1. The molecule has 0 aromatic rings. The molecule has 52 valence electrons. The summed E-state index contributed by atoms with van der Waals surface area (Å²) in [7, 11) is 1.44. The fraction of sp³-hybridized carbons (Fsp3) is 0.500. The van der Waals surface area contributed by atoms with E-state index in [2.05, 4.69) is 10.3 Å². The van der Waals surface area contributed by atoms with E-state index in [1.807, 2.05) is 0 Å². The van der Waals surface area contributed by atoms with E-state index in [9.17, 15) is 4.79 Å². The van der Waals surface area contributed by atoms with Crippen molar-refractivity contribution >= 4 is 11.9 Å². The second kappa shape index (κ2) is 3.85. The first-order valence-corrected chi connectivity index (χ1v) is 2.33. The van der Waals surface area contributed by atoms with E-state index in [-0.39, 0.29) is 5.96 Å². The van der Waals surface area contributed by atoms with Gasteiger partial charge in [-0.1, -0.05) is 0 Å². The Bertz CT molecular complexity index is 132. The van der Waals surface area contributed by atoms with Crippen LogP contribution in [0.25, 0.3) is 0 Å². The van der Waals surface area contributed by atoms with Gasteiger partial charge in [0.1, 0.15) is 6.61 Å². The molecular weight excluding hydrogens is 122 g/mol. The van der Waals surface area contributed by atoms with Crippen molar-refractivity contribution in [3.63, 3.8) is 0 Å². The van der Waals surface area contributed by atoms with Crippen molar-refractivity contribution in [2.24, 2.45) is 10.7 Å². The zero-order valence-electron chi connectivity index (χ0n) is 5.09. The molecule has 1 amide bonds. The van der Waals surface area contributed by atoms with E-state index in [0.29, 0.717) is 0 Å². The van der Waals surface area contributed by atoms with Gasteiger partial charge in [0.25, 0.3) is 5.91 Å². The van der Waals surface area contributed by atoms with Crippen LogP contribution in [0.1, 0.15) is 0 Å². The van der Waals surface area contributed by atoms with Gasteiger partial charge in [-0.3, -0.25) is 15.1 Å². The zero-order chi connectivity index (χ0) is 7.28. The number of aliphatic hydroxyl groups is 1. The van der Waals surface area contributed by atoms with E-state index >= 15 is 0 Å². The molecule has 0 aliphatic carbocycles. The minimum absolute atomic E-state index is 0.00838.